The van der Waals surface area contributed by atoms with Crippen LogP contribution in [0.1, 0.15) is 13.8 Å². The Bertz CT molecular complexity index is 817. The maximum absolute atomic E-state index is 12.9. The van der Waals surface area contributed by atoms with Crippen molar-refractivity contribution in [3.05, 3.63) is 45.5 Å². The van der Waals surface area contributed by atoms with E-state index in [1.165, 1.54) is 12.1 Å². The van der Waals surface area contributed by atoms with Crippen molar-refractivity contribution in [2.24, 2.45) is 11.8 Å². The van der Waals surface area contributed by atoms with E-state index in [0.29, 0.717) is 0 Å². The molecule has 2 fully saturated rings. The standard InChI is InChI=1S/C16H13ClN2O5/c1-15-5-6-16(2,24-15)12-11(15)13(20)18(14(12)21)10-7-8(19(22)23)3-4-9(10)17/h3-7,11-12H,1-2H3/t11-,12-,15-,16+/m1/s1. The Labute approximate surface area is 142 Å². The molecule has 0 unspecified atom stereocenters. The van der Waals surface area contributed by atoms with Gasteiger partial charge in [-0.2, -0.15) is 0 Å². The molecule has 0 spiro atoms. The van der Waals surface area contributed by atoms with Crippen LogP contribution in [0.25, 0.3) is 0 Å². The molecule has 3 aliphatic heterocycles. The first-order valence-corrected chi connectivity index (χ1v) is 7.78. The quantitative estimate of drug-likeness (QED) is 0.354. The van der Waals surface area contributed by atoms with E-state index in [1.54, 1.807) is 26.0 Å². The number of nitro groups is 1. The molecule has 3 heterocycles. The van der Waals surface area contributed by atoms with Gasteiger partial charge in [-0.15, -0.1) is 0 Å². The van der Waals surface area contributed by atoms with E-state index in [9.17, 15) is 19.7 Å². The van der Waals surface area contributed by atoms with Gasteiger partial charge in [0.05, 0.1) is 38.7 Å². The summed E-state index contributed by atoms with van der Waals surface area (Å²) in [6, 6.07) is 3.70. The van der Waals surface area contributed by atoms with Gasteiger partial charge in [-0.3, -0.25) is 19.7 Å². The van der Waals surface area contributed by atoms with Gasteiger partial charge in [-0.1, -0.05) is 23.8 Å². The summed E-state index contributed by atoms with van der Waals surface area (Å²) in [7, 11) is 0. The summed E-state index contributed by atoms with van der Waals surface area (Å²) in [6.07, 6.45) is 3.61. The topological polar surface area (TPSA) is 89.8 Å². The average molecular weight is 349 g/mol. The third-order valence-corrected chi connectivity index (χ3v) is 5.43. The lowest BCUT2D eigenvalue weighted by molar-refractivity contribution is -0.384. The van der Waals surface area contributed by atoms with Gasteiger partial charge in [-0.25, -0.2) is 4.90 Å². The van der Waals surface area contributed by atoms with E-state index >= 15 is 0 Å². The summed E-state index contributed by atoms with van der Waals surface area (Å²) in [5.41, 5.74) is -1.90. The van der Waals surface area contributed by atoms with Crippen LogP contribution in [0.3, 0.4) is 0 Å². The molecule has 4 atom stereocenters. The number of carbonyl (C=O) groups is 2. The second kappa shape index (κ2) is 4.43. The molecular formula is C16H13ClN2O5. The highest BCUT2D eigenvalue weighted by Crippen LogP contribution is 2.57. The lowest BCUT2D eigenvalue weighted by Gasteiger charge is -2.25. The second-order valence-electron chi connectivity index (χ2n) is 6.66. The smallest absolute Gasteiger partial charge is 0.271 e. The first kappa shape index (κ1) is 15.3. The Hall–Kier alpha value is -2.25. The van der Waals surface area contributed by atoms with Gasteiger partial charge in [-0.05, 0) is 19.9 Å². The number of fused-ring (bicyclic) bond motifs is 5. The van der Waals surface area contributed by atoms with Crippen molar-refractivity contribution < 1.29 is 19.2 Å². The van der Waals surface area contributed by atoms with Crippen molar-refractivity contribution in [3.8, 4) is 0 Å². The number of ether oxygens (including phenoxy) is 1. The predicted molar refractivity (Wildman–Crippen MR) is 84.6 cm³/mol. The molecule has 0 saturated carbocycles. The fraction of sp³-hybridized carbons (Fsp3) is 0.375. The molecular weight excluding hydrogens is 336 g/mol. The number of non-ortho nitro benzene ring substituents is 1. The molecule has 1 aromatic carbocycles. The van der Waals surface area contributed by atoms with Gasteiger partial charge in [0.15, 0.2) is 0 Å². The summed E-state index contributed by atoms with van der Waals surface area (Å²) >= 11 is 6.11. The van der Waals surface area contributed by atoms with E-state index in [2.05, 4.69) is 0 Å². The highest BCUT2D eigenvalue weighted by Gasteiger charge is 2.70. The van der Waals surface area contributed by atoms with E-state index in [4.69, 9.17) is 16.3 Å². The average Bonchev–Trinajstić information content (AvgIpc) is 3.05. The Kier molecular flexibility index (Phi) is 2.82. The lowest BCUT2D eigenvalue weighted by atomic mass is 9.73. The van der Waals surface area contributed by atoms with Crippen LogP contribution in [0.4, 0.5) is 11.4 Å². The van der Waals surface area contributed by atoms with Crippen molar-refractivity contribution in [2.45, 2.75) is 25.0 Å². The van der Waals surface area contributed by atoms with Gasteiger partial charge in [0.2, 0.25) is 11.8 Å². The number of hydrogen-bond acceptors (Lipinski definition) is 5. The van der Waals surface area contributed by atoms with Crippen molar-refractivity contribution >= 4 is 34.8 Å². The van der Waals surface area contributed by atoms with Crippen molar-refractivity contribution in [1.82, 2.24) is 0 Å². The molecule has 2 bridgehead atoms. The first-order valence-electron chi connectivity index (χ1n) is 7.40. The van der Waals surface area contributed by atoms with Crippen molar-refractivity contribution in [2.75, 3.05) is 4.90 Å². The van der Waals surface area contributed by atoms with Crippen LogP contribution >= 0.6 is 11.6 Å². The molecule has 4 rings (SSSR count). The van der Waals surface area contributed by atoms with E-state index in [1.807, 2.05) is 0 Å². The van der Waals surface area contributed by atoms with Crippen LogP contribution in [0.5, 0.6) is 0 Å². The zero-order valence-electron chi connectivity index (χ0n) is 12.9. The van der Waals surface area contributed by atoms with Gasteiger partial charge >= 0.3 is 0 Å². The van der Waals surface area contributed by atoms with Gasteiger partial charge in [0.1, 0.15) is 0 Å². The van der Waals surface area contributed by atoms with Crippen LogP contribution in [-0.4, -0.2) is 27.9 Å². The maximum atomic E-state index is 12.9. The number of nitrogens with zero attached hydrogens (tertiary/aromatic N) is 2. The van der Waals surface area contributed by atoms with Crippen LogP contribution in [0.15, 0.2) is 30.4 Å². The number of anilines is 1. The highest BCUT2D eigenvalue weighted by atomic mass is 35.5. The number of benzene rings is 1. The molecule has 7 nitrogen and oxygen atoms in total. The van der Waals surface area contributed by atoms with Gasteiger partial charge in [0.25, 0.3) is 5.69 Å². The number of nitro benzene ring substituents is 1. The molecule has 24 heavy (non-hydrogen) atoms. The first-order chi connectivity index (χ1) is 11.2. The highest BCUT2D eigenvalue weighted by molar-refractivity contribution is 6.36. The summed E-state index contributed by atoms with van der Waals surface area (Å²) in [4.78, 5) is 37.2. The Morgan fingerprint density at radius 1 is 1.17 bits per heavy atom. The number of carbonyl (C=O) groups excluding carboxylic acids is 2. The minimum absolute atomic E-state index is 0.0434. The summed E-state index contributed by atoms with van der Waals surface area (Å²) in [5.74, 6) is -2.20. The third kappa shape index (κ3) is 1.71. The Balaban J connectivity index is 1.83. The molecule has 2 saturated heterocycles. The SMILES string of the molecule is C[C@]12C=C[C@](C)(O1)[C@H]1C(=O)N(c3cc([N+](=O)[O-])ccc3Cl)C(=O)[C@@H]12. The largest absolute Gasteiger partial charge is 0.359 e. The monoisotopic (exact) mass is 348 g/mol. The zero-order chi connectivity index (χ0) is 17.4. The molecule has 1 aromatic rings. The summed E-state index contributed by atoms with van der Waals surface area (Å²) in [6.45, 7) is 3.53. The minimum atomic E-state index is -0.853. The molecule has 8 heteroatoms. The molecule has 3 aliphatic rings. The molecule has 0 radical (unpaired) electrons. The summed E-state index contributed by atoms with van der Waals surface area (Å²) in [5, 5.41) is 11.1. The van der Waals surface area contributed by atoms with Crippen molar-refractivity contribution in [1.29, 1.82) is 0 Å². The number of amides is 2. The normalized spacial score (nSPS) is 36.5. The molecule has 124 valence electrons. The molecule has 0 aromatic heterocycles. The van der Waals surface area contributed by atoms with E-state index < -0.39 is 39.8 Å². The fourth-order valence-corrected chi connectivity index (χ4v) is 4.26. The lowest BCUT2D eigenvalue weighted by Crippen LogP contribution is -2.39. The van der Waals surface area contributed by atoms with Crippen LogP contribution in [0.2, 0.25) is 5.02 Å². The Morgan fingerprint density at radius 2 is 1.71 bits per heavy atom. The minimum Gasteiger partial charge on any atom is -0.359 e. The number of hydrogen-bond donors (Lipinski definition) is 0. The number of rotatable bonds is 2. The van der Waals surface area contributed by atoms with Crippen molar-refractivity contribution in [3.63, 3.8) is 0 Å². The van der Waals surface area contributed by atoms with Gasteiger partial charge in [0, 0.05) is 12.1 Å². The number of halogens is 1. The molecule has 0 N–H and O–H groups in total. The van der Waals surface area contributed by atoms with Gasteiger partial charge < -0.3 is 4.74 Å². The predicted octanol–water partition coefficient (Wildman–Crippen LogP) is 2.47. The van der Waals surface area contributed by atoms with Crippen LogP contribution in [-0.2, 0) is 14.3 Å². The zero-order valence-corrected chi connectivity index (χ0v) is 13.6. The van der Waals surface area contributed by atoms with E-state index in [-0.39, 0.29) is 16.4 Å². The molecule has 2 amide bonds. The van der Waals surface area contributed by atoms with Crippen LogP contribution in [0, 0.1) is 22.0 Å². The number of imide groups is 1. The fourth-order valence-electron chi connectivity index (χ4n) is 4.05. The summed E-state index contributed by atoms with van der Waals surface area (Å²) < 4.78 is 5.91. The maximum Gasteiger partial charge on any atom is 0.271 e. The van der Waals surface area contributed by atoms with E-state index in [0.717, 1.165) is 11.0 Å². The van der Waals surface area contributed by atoms with Crippen LogP contribution < -0.4 is 4.90 Å². The molecule has 0 aliphatic carbocycles. The second-order valence-corrected chi connectivity index (χ2v) is 7.07. The third-order valence-electron chi connectivity index (χ3n) is 5.11. The Morgan fingerprint density at radius 3 is 2.21 bits per heavy atom.